The largest absolute Gasteiger partial charge is 0.444 e. The molecule has 2 aromatic rings. The van der Waals surface area contributed by atoms with Crippen molar-refractivity contribution < 1.29 is 9.53 Å². The van der Waals surface area contributed by atoms with Crippen molar-refractivity contribution in [3.05, 3.63) is 54.6 Å². The van der Waals surface area contributed by atoms with Gasteiger partial charge in [-0.1, -0.05) is 42.5 Å². The third-order valence-electron chi connectivity index (χ3n) is 4.44. The van der Waals surface area contributed by atoms with Crippen LogP contribution in [0.5, 0.6) is 0 Å². The maximum absolute atomic E-state index is 12.3. The lowest BCUT2D eigenvalue weighted by Gasteiger charge is -2.34. The Morgan fingerprint density at radius 1 is 1.04 bits per heavy atom. The highest BCUT2D eigenvalue weighted by Crippen LogP contribution is 2.23. The Morgan fingerprint density at radius 2 is 1.69 bits per heavy atom. The van der Waals surface area contributed by atoms with E-state index in [9.17, 15) is 4.79 Å². The van der Waals surface area contributed by atoms with Crippen LogP contribution in [0.1, 0.15) is 33.6 Å². The van der Waals surface area contributed by atoms with E-state index < -0.39 is 5.60 Å². The van der Waals surface area contributed by atoms with Crippen LogP contribution in [0, 0.1) is 0 Å². The molecule has 4 heteroatoms. The quantitative estimate of drug-likeness (QED) is 0.829. The monoisotopic (exact) mass is 352 g/mol. The summed E-state index contributed by atoms with van der Waals surface area (Å²) in [7, 11) is 0. The minimum atomic E-state index is -0.454. The van der Waals surface area contributed by atoms with Crippen LogP contribution < -0.4 is 5.32 Å². The van der Waals surface area contributed by atoms with Gasteiger partial charge >= 0.3 is 6.09 Å². The lowest BCUT2D eigenvalue weighted by molar-refractivity contribution is 0.0206. The van der Waals surface area contributed by atoms with Crippen molar-refractivity contribution in [3.8, 4) is 11.1 Å². The van der Waals surface area contributed by atoms with Gasteiger partial charge in [0.2, 0.25) is 0 Å². The minimum absolute atomic E-state index is 0.219. The Kier molecular flexibility index (Phi) is 5.50. The van der Waals surface area contributed by atoms with Gasteiger partial charge in [-0.25, -0.2) is 4.79 Å². The van der Waals surface area contributed by atoms with E-state index in [0.29, 0.717) is 6.54 Å². The normalized spacial score (nSPS) is 17.7. The molecule has 1 atom stereocenters. The molecule has 138 valence electrons. The number of ether oxygens (including phenoxy) is 1. The van der Waals surface area contributed by atoms with Gasteiger partial charge in [-0.05, 0) is 56.9 Å². The number of anilines is 1. The van der Waals surface area contributed by atoms with Crippen molar-refractivity contribution in [2.24, 2.45) is 0 Å². The first kappa shape index (κ1) is 18.3. The molecule has 0 bridgehead atoms. The summed E-state index contributed by atoms with van der Waals surface area (Å²) in [6, 6.07) is 19.1. The molecule has 0 aromatic heterocycles. The molecule has 1 heterocycles. The molecule has 26 heavy (non-hydrogen) atoms. The first-order chi connectivity index (χ1) is 12.4. The number of amides is 1. The lowest BCUT2D eigenvalue weighted by Crippen LogP contribution is -2.46. The zero-order valence-corrected chi connectivity index (χ0v) is 15.9. The van der Waals surface area contributed by atoms with Gasteiger partial charge in [0, 0.05) is 24.8 Å². The van der Waals surface area contributed by atoms with Gasteiger partial charge in [0.1, 0.15) is 5.60 Å². The molecule has 0 radical (unpaired) electrons. The van der Waals surface area contributed by atoms with Crippen LogP contribution in [0.2, 0.25) is 0 Å². The molecule has 1 aliphatic heterocycles. The molecule has 3 rings (SSSR count). The van der Waals surface area contributed by atoms with Crippen molar-refractivity contribution in [2.45, 2.75) is 45.3 Å². The highest BCUT2D eigenvalue weighted by molar-refractivity contribution is 5.69. The summed E-state index contributed by atoms with van der Waals surface area (Å²) in [6.07, 6.45) is 1.82. The molecule has 1 fully saturated rings. The molecule has 1 amide bonds. The standard InChI is InChI=1S/C22H28N2O2/c1-22(2,3)26-21(25)24-15-7-10-20(16-24)23-19-13-11-18(12-14-19)17-8-5-4-6-9-17/h4-6,8-9,11-14,20,23H,7,10,15-16H2,1-3H3/t20-/m1/s1. The van der Waals surface area contributed by atoms with Crippen LogP contribution in [0.3, 0.4) is 0 Å². The first-order valence-corrected chi connectivity index (χ1v) is 9.31. The van der Waals surface area contributed by atoms with Crippen LogP contribution in [-0.2, 0) is 4.74 Å². The molecular weight excluding hydrogens is 324 g/mol. The van der Waals surface area contributed by atoms with Gasteiger partial charge in [0.05, 0.1) is 0 Å². The predicted octanol–water partition coefficient (Wildman–Crippen LogP) is 5.17. The first-order valence-electron chi connectivity index (χ1n) is 9.31. The van der Waals surface area contributed by atoms with Crippen molar-refractivity contribution in [1.29, 1.82) is 0 Å². The molecular formula is C22H28N2O2. The number of likely N-dealkylation sites (tertiary alicyclic amines) is 1. The second-order valence-corrected chi connectivity index (χ2v) is 7.85. The Labute approximate surface area is 156 Å². The van der Waals surface area contributed by atoms with Crippen molar-refractivity contribution in [2.75, 3.05) is 18.4 Å². The zero-order valence-electron chi connectivity index (χ0n) is 15.9. The molecule has 1 N–H and O–H groups in total. The number of hydrogen-bond acceptors (Lipinski definition) is 3. The maximum Gasteiger partial charge on any atom is 0.410 e. The summed E-state index contributed by atoms with van der Waals surface area (Å²) >= 11 is 0. The summed E-state index contributed by atoms with van der Waals surface area (Å²) in [6.45, 7) is 7.14. The second kappa shape index (κ2) is 7.81. The van der Waals surface area contributed by atoms with Crippen LogP contribution >= 0.6 is 0 Å². The fraction of sp³-hybridized carbons (Fsp3) is 0.409. The Bertz CT molecular complexity index is 720. The van der Waals surface area contributed by atoms with E-state index in [0.717, 1.165) is 25.1 Å². The zero-order chi connectivity index (χ0) is 18.6. The van der Waals surface area contributed by atoms with E-state index in [4.69, 9.17) is 4.74 Å². The number of hydrogen-bond donors (Lipinski definition) is 1. The smallest absolute Gasteiger partial charge is 0.410 e. The molecule has 4 nitrogen and oxygen atoms in total. The van der Waals surface area contributed by atoms with Gasteiger partial charge in [0.25, 0.3) is 0 Å². The van der Waals surface area contributed by atoms with E-state index in [1.54, 1.807) is 0 Å². The van der Waals surface area contributed by atoms with Gasteiger partial charge in [-0.2, -0.15) is 0 Å². The number of nitrogens with one attached hydrogen (secondary N) is 1. The summed E-state index contributed by atoms with van der Waals surface area (Å²) in [5.74, 6) is 0. The van der Waals surface area contributed by atoms with E-state index in [1.165, 1.54) is 11.1 Å². The van der Waals surface area contributed by atoms with Crippen LogP contribution in [0.25, 0.3) is 11.1 Å². The topological polar surface area (TPSA) is 41.6 Å². The average Bonchev–Trinajstić information content (AvgIpc) is 2.62. The SMILES string of the molecule is CC(C)(C)OC(=O)N1CCC[C@@H](Nc2ccc(-c3ccccc3)cc2)C1. The average molecular weight is 352 g/mol. The molecule has 0 unspecified atom stereocenters. The molecule has 1 aliphatic rings. The van der Waals surface area contributed by atoms with E-state index >= 15 is 0 Å². The van der Waals surface area contributed by atoms with E-state index in [-0.39, 0.29) is 12.1 Å². The number of benzene rings is 2. The third kappa shape index (κ3) is 5.01. The Balaban J connectivity index is 1.59. The van der Waals surface area contributed by atoms with Crippen molar-refractivity contribution in [1.82, 2.24) is 4.90 Å². The van der Waals surface area contributed by atoms with Gasteiger partial charge in [-0.15, -0.1) is 0 Å². The highest BCUT2D eigenvalue weighted by Gasteiger charge is 2.27. The number of piperidine rings is 1. The molecule has 0 spiro atoms. The molecule has 1 saturated heterocycles. The summed E-state index contributed by atoms with van der Waals surface area (Å²) in [5, 5.41) is 3.56. The second-order valence-electron chi connectivity index (χ2n) is 7.85. The third-order valence-corrected chi connectivity index (χ3v) is 4.44. The molecule has 0 saturated carbocycles. The van der Waals surface area contributed by atoms with Crippen LogP contribution in [0.15, 0.2) is 54.6 Å². The number of carbonyl (C=O) groups excluding carboxylic acids is 1. The highest BCUT2D eigenvalue weighted by atomic mass is 16.6. The summed E-state index contributed by atoms with van der Waals surface area (Å²) in [4.78, 5) is 14.1. The maximum atomic E-state index is 12.3. The van der Waals surface area contributed by atoms with Crippen molar-refractivity contribution >= 4 is 11.8 Å². The lowest BCUT2D eigenvalue weighted by atomic mass is 10.0. The van der Waals surface area contributed by atoms with E-state index in [2.05, 4.69) is 53.8 Å². The number of carbonyl (C=O) groups is 1. The fourth-order valence-electron chi connectivity index (χ4n) is 3.21. The molecule has 0 aliphatic carbocycles. The Morgan fingerprint density at radius 3 is 2.35 bits per heavy atom. The van der Waals surface area contributed by atoms with E-state index in [1.807, 2.05) is 31.7 Å². The fourth-order valence-corrected chi connectivity index (χ4v) is 3.21. The predicted molar refractivity (Wildman–Crippen MR) is 106 cm³/mol. The Hall–Kier alpha value is -2.49. The minimum Gasteiger partial charge on any atom is -0.444 e. The van der Waals surface area contributed by atoms with Crippen LogP contribution in [-0.4, -0.2) is 35.7 Å². The molecule has 2 aromatic carbocycles. The van der Waals surface area contributed by atoms with Gasteiger partial charge in [0.15, 0.2) is 0 Å². The summed E-state index contributed by atoms with van der Waals surface area (Å²) in [5.41, 5.74) is 3.05. The van der Waals surface area contributed by atoms with Crippen molar-refractivity contribution in [3.63, 3.8) is 0 Å². The van der Waals surface area contributed by atoms with Crippen LogP contribution in [0.4, 0.5) is 10.5 Å². The summed E-state index contributed by atoms with van der Waals surface area (Å²) < 4.78 is 5.50. The van der Waals surface area contributed by atoms with Gasteiger partial charge in [-0.3, -0.25) is 0 Å². The van der Waals surface area contributed by atoms with Gasteiger partial charge < -0.3 is 15.0 Å². The number of nitrogens with zero attached hydrogens (tertiary/aromatic N) is 1. The number of rotatable bonds is 3.